The molecule has 1 atom stereocenters. The van der Waals surface area contributed by atoms with Gasteiger partial charge in [-0.2, -0.15) is 5.10 Å². The molecule has 0 saturated carbocycles. The van der Waals surface area contributed by atoms with Gasteiger partial charge in [0.1, 0.15) is 23.4 Å². The third-order valence-electron chi connectivity index (χ3n) is 4.26. The SMILES string of the molecule is CCOc1cc2c(cc1/C=N\NC(=O)CNc1ccc(OC)cc1)O[C@H](C)C2. The van der Waals surface area contributed by atoms with Gasteiger partial charge in [-0.15, -0.1) is 0 Å². The van der Waals surface area contributed by atoms with E-state index in [0.29, 0.717) is 6.61 Å². The molecule has 0 aliphatic carbocycles. The van der Waals surface area contributed by atoms with Crippen molar-refractivity contribution < 1.29 is 19.0 Å². The first-order valence-corrected chi connectivity index (χ1v) is 9.25. The molecule has 3 rings (SSSR count). The highest BCUT2D eigenvalue weighted by atomic mass is 16.5. The smallest absolute Gasteiger partial charge is 0.259 e. The van der Waals surface area contributed by atoms with Crippen molar-refractivity contribution in [1.82, 2.24) is 5.43 Å². The zero-order valence-corrected chi connectivity index (χ0v) is 16.3. The van der Waals surface area contributed by atoms with E-state index in [1.54, 1.807) is 13.3 Å². The van der Waals surface area contributed by atoms with Gasteiger partial charge in [0.15, 0.2) is 0 Å². The average Bonchev–Trinajstić information content (AvgIpc) is 3.06. The zero-order chi connectivity index (χ0) is 19.9. The molecule has 28 heavy (non-hydrogen) atoms. The summed E-state index contributed by atoms with van der Waals surface area (Å²) in [5, 5.41) is 7.08. The normalized spacial score (nSPS) is 15.0. The Kier molecular flexibility index (Phi) is 6.37. The van der Waals surface area contributed by atoms with E-state index in [1.165, 1.54) is 0 Å². The maximum absolute atomic E-state index is 12.0. The number of ether oxygens (including phenoxy) is 3. The van der Waals surface area contributed by atoms with Gasteiger partial charge in [0, 0.05) is 23.2 Å². The number of hydrogen-bond acceptors (Lipinski definition) is 6. The van der Waals surface area contributed by atoms with Gasteiger partial charge in [-0.25, -0.2) is 5.43 Å². The van der Waals surface area contributed by atoms with Gasteiger partial charge in [-0.3, -0.25) is 4.79 Å². The summed E-state index contributed by atoms with van der Waals surface area (Å²) < 4.78 is 16.6. The Morgan fingerprint density at radius 1 is 1.32 bits per heavy atom. The van der Waals surface area contributed by atoms with Crippen LogP contribution in [-0.2, 0) is 11.2 Å². The van der Waals surface area contributed by atoms with E-state index < -0.39 is 0 Å². The summed E-state index contributed by atoms with van der Waals surface area (Å²) in [6.07, 6.45) is 2.59. The van der Waals surface area contributed by atoms with Crippen LogP contribution in [0.1, 0.15) is 25.0 Å². The van der Waals surface area contributed by atoms with E-state index in [9.17, 15) is 4.79 Å². The number of fused-ring (bicyclic) bond motifs is 1. The molecule has 0 radical (unpaired) electrons. The summed E-state index contributed by atoms with van der Waals surface area (Å²) in [6, 6.07) is 11.2. The van der Waals surface area contributed by atoms with E-state index in [1.807, 2.05) is 50.2 Å². The number of hydrogen-bond donors (Lipinski definition) is 2. The molecule has 0 bridgehead atoms. The molecule has 2 aromatic carbocycles. The molecule has 0 fully saturated rings. The van der Waals surface area contributed by atoms with E-state index >= 15 is 0 Å². The number of carbonyl (C=O) groups excluding carboxylic acids is 1. The lowest BCUT2D eigenvalue weighted by Crippen LogP contribution is -2.25. The predicted octanol–water partition coefficient (Wildman–Crippen LogP) is 2.98. The third-order valence-corrected chi connectivity index (χ3v) is 4.26. The second kappa shape index (κ2) is 9.12. The Morgan fingerprint density at radius 3 is 2.82 bits per heavy atom. The minimum atomic E-state index is -0.254. The lowest BCUT2D eigenvalue weighted by Gasteiger charge is -2.10. The monoisotopic (exact) mass is 383 g/mol. The van der Waals surface area contributed by atoms with Gasteiger partial charge in [0.2, 0.25) is 0 Å². The number of methoxy groups -OCH3 is 1. The Balaban J connectivity index is 1.57. The standard InChI is InChI=1S/C21H25N3O4/c1-4-27-19-10-15-9-14(2)28-20(15)11-16(19)12-23-24-21(25)13-22-17-5-7-18(26-3)8-6-17/h5-8,10-12,14,22H,4,9,13H2,1-3H3,(H,24,25)/b23-12-/t14-/m1/s1. The van der Waals surface area contributed by atoms with Crippen LogP contribution in [0, 0.1) is 0 Å². The second-order valence-corrected chi connectivity index (χ2v) is 6.44. The minimum Gasteiger partial charge on any atom is -0.497 e. The van der Waals surface area contributed by atoms with Crippen molar-refractivity contribution in [1.29, 1.82) is 0 Å². The molecule has 1 amide bonds. The van der Waals surface area contributed by atoms with Crippen LogP contribution in [0.25, 0.3) is 0 Å². The molecular formula is C21H25N3O4. The van der Waals surface area contributed by atoms with Gasteiger partial charge in [-0.1, -0.05) is 0 Å². The molecule has 2 N–H and O–H groups in total. The molecule has 0 aromatic heterocycles. The summed E-state index contributed by atoms with van der Waals surface area (Å²) in [7, 11) is 1.61. The number of anilines is 1. The fourth-order valence-electron chi connectivity index (χ4n) is 2.94. The van der Waals surface area contributed by atoms with Crippen molar-refractivity contribution in [3.8, 4) is 17.2 Å². The molecule has 1 heterocycles. The summed E-state index contributed by atoms with van der Waals surface area (Å²) >= 11 is 0. The number of nitrogens with zero attached hydrogens (tertiary/aromatic N) is 1. The fourth-order valence-corrected chi connectivity index (χ4v) is 2.94. The highest BCUT2D eigenvalue weighted by Crippen LogP contribution is 2.34. The van der Waals surface area contributed by atoms with Crippen molar-refractivity contribution in [3.05, 3.63) is 47.5 Å². The molecule has 0 unspecified atom stereocenters. The van der Waals surface area contributed by atoms with Crippen molar-refractivity contribution in [2.75, 3.05) is 25.6 Å². The molecular weight excluding hydrogens is 358 g/mol. The highest BCUT2D eigenvalue weighted by Gasteiger charge is 2.21. The van der Waals surface area contributed by atoms with Gasteiger partial charge in [-0.05, 0) is 50.2 Å². The molecule has 2 aromatic rings. The molecule has 0 saturated heterocycles. The first-order chi connectivity index (χ1) is 13.6. The fraction of sp³-hybridized carbons (Fsp3) is 0.333. The molecule has 1 aliphatic heterocycles. The van der Waals surface area contributed by atoms with Crippen LogP contribution in [0.3, 0.4) is 0 Å². The van der Waals surface area contributed by atoms with E-state index in [4.69, 9.17) is 14.2 Å². The zero-order valence-electron chi connectivity index (χ0n) is 16.3. The summed E-state index contributed by atoms with van der Waals surface area (Å²) in [4.78, 5) is 12.0. The Morgan fingerprint density at radius 2 is 2.11 bits per heavy atom. The lowest BCUT2D eigenvalue weighted by molar-refractivity contribution is -0.119. The van der Waals surface area contributed by atoms with E-state index in [0.717, 1.165) is 40.5 Å². The largest absolute Gasteiger partial charge is 0.497 e. The average molecular weight is 383 g/mol. The van der Waals surface area contributed by atoms with Gasteiger partial charge >= 0.3 is 0 Å². The van der Waals surface area contributed by atoms with Crippen LogP contribution in [0.5, 0.6) is 17.2 Å². The summed E-state index contributed by atoms with van der Waals surface area (Å²) in [5.74, 6) is 2.08. The van der Waals surface area contributed by atoms with Gasteiger partial charge in [0.05, 0.1) is 26.5 Å². The number of hydrazone groups is 1. The second-order valence-electron chi connectivity index (χ2n) is 6.44. The number of amides is 1. The first-order valence-electron chi connectivity index (χ1n) is 9.25. The van der Waals surface area contributed by atoms with Crippen LogP contribution in [0.2, 0.25) is 0 Å². The molecule has 148 valence electrons. The number of carbonyl (C=O) groups is 1. The topological polar surface area (TPSA) is 81.2 Å². The van der Waals surface area contributed by atoms with Crippen LogP contribution in [0.15, 0.2) is 41.5 Å². The molecule has 7 heteroatoms. The number of nitrogens with one attached hydrogen (secondary N) is 2. The highest BCUT2D eigenvalue weighted by molar-refractivity contribution is 5.87. The van der Waals surface area contributed by atoms with Crippen LogP contribution in [0.4, 0.5) is 5.69 Å². The van der Waals surface area contributed by atoms with Crippen molar-refractivity contribution in [3.63, 3.8) is 0 Å². The Hall–Kier alpha value is -3.22. The van der Waals surface area contributed by atoms with Crippen LogP contribution >= 0.6 is 0 Å². The number of rotatable bonds is 8. The van der Waals surface area contributed by atoms with Crippen LogP contribution in [-0.4, -0.2) is 38.5 Å². The summed E-state index contributed by atoms with van der Waals surface area (Å²) in [6.45, 7) is 4.62. The maximum atomic E-state index is 12.0. The predicted molar refractivity (Wildman–Crippen MR) is 109 cm³/mol. The van der Waals surface area contributed by atoms with Crippen molar-refractivity contribution >= 4 is 17.8 Å². The third kappa shape index (κ3) is 4.94. The quantitative estimate of drug-likeness (QED) is 0.541. The minimum absolute atomic E-state index is 0.104. The van der Waals surface area contributed by atoms with Gasteiger partial charge < -0.3 is 19.5 Å². The first kappa shape index (κ1) is 19.5. The summed E-state index contributed by atoms with van der Waals surface area (Å²) in [5.41, 5.74) is 5.23. The Bertz CT molecular complexity index is 849. The molecule has 1 aliphatic rings. The Labute approximate surface area is 164 Å². The maximum Gasteiger partial charge on any atom is 0.259 e. The number of benzene rings is 2. The van der Waals surface area contributed by atoms with Gasteiger partial charge in [0.25, 0.3) is 5.91 Å². The van der Waals surface area contributed by atoms with Crippen molar-refractivity contribution in [2.45, 2.75) is 26.4 Å². The van der Waals surface area contributed by atoms with E-state index in [-0.39, 0.29) is 18.6 Å². The molecule has 0 spiro atoms. The van der Waals surface area contributed by atoms with Crippen molar-refractivity contribution in [2.24, 2.45) is 5.10 Å². The van der Waals surface area contributed by atoms with Crippen LogP contribution < -0.4 is 25.0 Å². The lowest BCUT2D eigenvalue weighted by atomic mass is 10.1. The van der Waals surface area contributed by atoms with E-state index in [2.05, 4.69) is 15.8 Å². The molecule has 7 nitrogen and oxygen atoms in total.